The molecule has 0 N–H and O–H groups in total. The normalized spacial score (nSPS) is 20.7. The van der Waals surface area contributed by atoms with E-state index in [2.05, 4.69) is 6.08 Å². The van der Waals surface area contributed by atoms with E-state index in [1.165, 1.54) is 12.0 Å². The maximum atomic E-state index is 13.1. The predicted molar refractivity (Wildman–Crippen MR) is 147 cm³/mol. The molecule has 1 fully saturated rings. The minimum Gasteiger partial charge on any atom is -0.381 e. The number of ether oxygens (including phenoxy) is 2. The highest BCUT2D eigenvalue weighted by atomic mass is 16.5. The quantitative estimate of drug-likeness (QED) is 0.230. The number of para-hydroxylation sites is 1. The highest BCUT2D eigenvalue weighted by molar-refractivity contribution is 5.94. The van der Waals surface area contributed by atoms with E-state index in [4.69, 9.17) is 9.47 Å². The Morgan fingerprint density at radius 3 is 2.49 bits per heavy atom. The number of hydrogen-bond donors (Lipinski definition) is 0. The van der Waals surface area contributed by atoms with Crippen molar-refractivity contribution in [2.45, 2.75) is 45.6 Å². The molecule has 2 aromatic rings. The molecule has 0 saturated heterocycles. The Morgan fingerprint density at radius 2 is 1.73 bits per heavy atom. The van der Waals surface area contributed by atoms with E-state index >= 15 is 0 Å². The fourth-order valence-electron chi connectivity index (χ4n) is 5.55. The molecule has 2 aliphatic carbocycles. The van der Waals surface area contributed by atoms with Gasteiger partial charge in [-0.15, -0.1) is 0 Å². The highest BCUT2D eigenvalue weighted by Crippen LogP contribution is 2.48. The number of allylic oxidation sites excluding steroid dienone is 4. The average Bonchev–Trinajstić information content (AvgIpc) is 3.50. The first-order valence-electron chi connectivity index (χ1n) is 13.6. The fourth-order valence-corrected chi connectivity index (χ4v) is 5.55. The molecule has 1 amide bonds. The van der Waals surface area contributed by atoms with Gasteiger partial charge in [0.2, 0.25) is 0 Å². The number of nitrogens with zero attached hydrogens (tertiary/aromatic N) is 1. The molecule has 5 heteroatoms. The van der Waals surface area contributed by atoms with Crippen molar-refractivity contribution in [3.63, 3.8) is 0 Å². The van der Waals surface area contributed by atoms with Gasteiger partial charge >= 0.3 is 0 Å². The Kier molecular flexibility index (Phi) is 10.3. The summed E-state index contributed by atoms with van der Waals surface area (Å²) in [4.78, 5) is 27.0. The Labute approximate surface area is 221 Å². The SMILES string of the molecule is CCOCCC(=O)C=CC1=CC[C@@H]2C[C@H](CCOCC(=O)N(Cc3ccccc3)c3ccccc3)C[C@@H]12. The lowest BCUT2D eigenvalue weighted by atomic mass is 9.94. The summed E-state index contributed by atoms with van der Waals surface area (Å²) >= 11 is 0. The molecule has 37 heavy (non-hydrogen) atoms. The topological polar surface area (TPSA) is 55.8 Å². The summed E-state index contributed by atoms with van der Waals surface area (Å²) in [7, 11) is 0. The molecule has 2 aromatic carbocycles. The van der Waals surface area contributed by atoms with E-state index in [9.17, 15) is 9.59 Å². The van der Waals surface area contributed by atoms with E-state index in [1.807, 2.05) is 73.7 Å². The number of ketones is 1. The van der Waals surface area contributed by atoms with E-state index in [-0.39, 0.29) is 18.3 Å². The van der Waals surface area contributed by atoms with Gasteiger partial charge in [0.15, 0.2) is 5.78 Å². The summed E-state index contributed by atoms with van der Waals surface area (Å²) < 4.78 is 11.2. The van der Waals surface area contributed by atoms with Gasteiger partial charge in [0.1, 0.15) is 6.61 Å². The van der Waals surface area contributed by atoms with Gasteiger partial charge in [0.05, 0.1) is 13.2 Å². The van der Waals surface area contributed by atoms with Gasteiger partial charge < -0.3 is 14.4 Å². The first kappa shape index (κ1) is 27.0. The van der Waals surface area contributed by atoms with Crippen LogP contribution in [0.3, 0.4) is 0 Å². The van der Waals surface area contributed by atoms with Crippen LogP contribution in [-0.4, -0.2) is 38.1 Å². The van der Waals surface area contributed by atoms with Crippen molar-refractivity contribution in [3.05, 3.63) is 90.0 Å². The number of fused-ring (bicyclic) bond motifs is 1. The fraction of sp³-hybridized carbons (Fsp3) is 0.438. The zero-order valence-electron chi connectivity index (χ0n) is 21.9. The lowest BCUT2D eigenvalue weighted by Crippen LogP contribution is -2.33. The van der Waals surface area contributed by atoms with E-state index < -0.39 is 0 Å². The molecule has 0 bridgehead atoms. The molecule has 0 spiro atoms. The van der Waals surface area contributed by atoms with Crippen LogP contribution < -0.4 is 4.90 Å². The zero-order chi connectivity index (χ0) is 25.9. The van der Waals surface area contributed by atoms with Crippen molar-refractivity contribution in [1.82, 2.24) is 0 Å². The molecule has 0 heterocycles. The smallest absolute Gasteiger partial charge is 0.253 e. The number of hydrogen-bond acceptors (Lipinski definition) is 4. The first-order chi connectivity index (χ1) is 18.1. The Balaban J connectivity index is 1.21. The number of amides is 1. The van der Waals surface area contributed by atoms with Crippen LogP contribution in [-0.2, 0) is 25.6 Å². The second kappa shape index (κ2) is 14.1. The summed E-state index contributed by atoms with van der Waals surface area (Å²) in [6, 6.07) is 19.8. The molecule has 196 valence electrons. The maximum Gasteiger partial charge on any atom is 0.253 e. The summed E-state index contributed by atoms with van der Waals surface area (Å²) in [5.41, 5.74) is 3.28. The molecule has 0 unspecified atom stereocenters. The maximum absolute atomic E-state index is 13.1. The van der Waals surface area contributed by atoms with Crippen LogP contribution in [0.2, 0.25) is 0 Å². The Bertz CT molecular complexity index is 1060. The van der Waals surface area contributed by atoms with E-state index in [0.29, 0.717) is 50.5 Å². The van der Waals surface area contributed by atoms with Gasteiger partial charge in [-0.2, -0.15) is 0 Å². The predicted octanol–water partition coefficient (Wildman–Crippen LogP) is 6.15. The van der Waals surface area contributed by atoms with Crippen molar-refractivity contribution in [2.75, 3.05) is 31.3 Å². The lowest BCUT2D eigenvalue weighted by Gasteiger charge is -2.23. The third kappa shape index (κ3) is 7.98. The highest BCUT2D eigenvalue weighted by Gasteiger charge is 2.37. The van der Waals surface area contributed by atoms with Crippen LogP contribution in [0.5, 0.6) is 0 Å². The number of anilines is 1. The van der Waals surface area contributed by atoms with Crippen molar-refractivity contribution in [2.24, 2.45) is 17.8 Å². The molecule has 2 aliphatic rings. The molecule has 1 saturated carbocycles. The number of benzene rings is 2. The molecular formula is C32H39NO4. The summed E-state index contributed by atoms with van der Waals surface area (Å²) in [6.07, 6.45) is 10.9. The van der Waals surface area contributed by atoms with Gasteiger partial charge in [-0.1, -0.05) is 60.7 Å². The summed E-state index contributed by atoms with van der Waals surface area (Å²) in [5, 5.41) is 0. The van der Waals surface area contributed by atoms with Crippen molar-refractivity contribution in [1.29, 1.82) is 0 Å². The standard InChI is InChI=1S/C32H39NO4/c1-2-36-20-18-30(34)16-15-27-13-14-28-21-26(22-31(27)28)17-19-37-24-32(35)33(29-11-7-4-8-12-29)23-25-9-5-3-6-10-25/h3-13,15-16,26,28,31H,2,14,17-24H2,1H3/t26-,28+,31-/m0/s1. The van der Waals surface area contributed by atoms with Crippen LogP contribution in [0.25, 0.3) is 0 Å². The Hall–Kier alpha value is -3.02. The largest absolute Gasteiger partial charge is 0.381 e. The van der Waals surface area contributed by atoms with Crippen LogP contribution in [0.1, 0.15) is 44.6 Å². The number of rotatable bonds is 14. The third-order valence-electron chi connectivity index (χ3n) is 7.48. The van der Waals surface area contributed by atoms with Crippen molar-refractivity contribution < 1.29 is 19.1 Å². The van der Waals surface area contributed by atoms with Gasteiger partial charge in [0.25, 0.3) is 5.91 Å². The van der Waals surface area contributed by atoms with Crippen molar-refractivity contribution in [3.8, 4) is 0 Å². The van der Waals surface area contributed by atoms with Crippen LogP contribution >= 0.6 is 0 Å². The second-order valence-electron chi connectivity index (χ2n) is 10.0. The molecule has 4 rings (SSSR count). The van der Waals surface area contributed by atoms with Gasteiger partial charge in [-0.05, 0) is 79.7 Å². The number of carbonyl (C=O) groups is 2. The summed E-state index contributed by atoms with van der Waals surface area (Å²) in [5.74, 6) is 1.92. The van der Waals surface area contributed by atoms with Gasteiger partial charge in [-0.25, -0.2) is 0 Å². The summed E-state index contributed by atoms with van der Waals surface area (Å²) in [6.45, 7) is 4.27. The minimum atomic E-state index is -0.0253. The van der Waals surface area contributed by atoms with Crippen LogP contribution in [0.4, 0.5) is 5.69 Å². The zero-order valence-corrected chi connectivity index (χ0v) is 21.9. The van der Waals surface area contributed by atoms with Gasteiger partial charge in [0, 0.05) is 25.3 Å². The lowest BCUT2D eigenvalue weighted by molar-refractivity contribution is -0.123. The van der Waals surface area contributed by atoms with E-state index in [1.54, 1.807) is 11.0 Å². The average molecular weight is 502 g/mol. The third-order valence-corrected chi connectivity index (χ3v) is 7.48. The Morgan fingerprint density at radius 1 is 0.973 bits per heavy atom. The number of carbonyl (C=O) groups excluding carboxylic acids is 2. The molecule has 0 radical (unpaired) electrons. The molecular weight excluding hydrogens is 462 g/mol. The molecule has 5 nitrogen and oxygen atoms in total. The second-order valence-corrected chi connectivity index (χ2v) is 10.0. The minimum absolute atomic E-state index is 0.0253. The monoisotopic (exact) mass is 501 g/mol. The first-order valence-corrected chi connectivity index (χ1v) is 13.6. The van der Waals surface area contributed by atoms with Crippen LogP contribution in [0.15, 0.2) is 84.5 Å². The van der Waals surface area contributed by atoms with Crippen LogP contribution in [0, 0.1) is 17.8 Å². The van der Waals surface area contributed by atoms with Gasteiger partial charge in [-0.3, -0.25) is 9.59 Å². The van der Waals surface area contributed by atoms with E-state index in [0.717, 1.165) is 30.5 Å². The van der Waals surface area contributed by atoms with Crippen molar-refractivity contribution >= 4 is 17.4 Å². The molecule has 0 aromatic heterocycles. The molecule has 0 aliphatic heterocycles. The molecule has 3 atom stereocenters.